The molecule has 4 rings (SSSR count). The van der Waals surface area contributed by atoms with Gasteiger partial charge in [-0.15, -0.1) is 0 Å². The molecule has 0 spiro atoms. The number of esters is 1. The Morgan fingerprint density at radius 3 is 2.34 bits per heavy atom. The van der Waals surface area contributed by atoms with Gasteiger partial charge < -0.3 is 10.1 Å². The van der Waals surface area contributed by atoms with Crippen molar-refractivity contribution < 1.29 is 14.3 Å². The highest BCUT2D eigenvalue weighted by atomic mass is 16.5. The Kier molecular flexibility index (Phi) is 5.73. The SMILES string of the molecule is CCOC(=O)c1ccc(NC(=O)c2cc(C)nc3c2c(C)nn3-c2ccc(C)cc2)cc1. The standard InChI is InChI=1S/C25H24N4O3/c1-5-32-25(31)18-8-10-19(11-9-18)27-24(30)21-14-16(3)26-23-22(21)17(4)28-29(23)20-12-6-15(2)7-13-20/h6-14H,5H2,1-4H3,(H,27,30). The molecule has 0 saturated heterocycles. The molecule has 1 N–H and O–H groups in total. The molecule has 0 radical (unpaired) electrons. The molecule has 0 atom stereocenters. The smallest absolute Gasteiger partial charge is 0.338 e. The van der Waals surface area contributed by atoms with Crippen molar-refractivity contribution in [3.8, 4) is 5.69 Å². The van der Waals surface area contributed by atoms with E-state index >= 15 is 0 Å². The number of hydrogen-bond donors (Lipinski definition) is 1. The number of benzene rings is 2. The number of carbonyl (C=O) groups is 2. The lowest BCUT2D eigenvalue weighted by Gasteiger charge is -2.09. The second-order valence-electron chi connectivity index (χ2n) is 7.59. The third kappa shape index (κ3) is 4.09. The minimum absolute atomic E-state index is 0.268. The van der Waals surface area contributed by atoms with E-state index in [0.717, 1.165) is 16.9 Å². The number of carbonyl (C=O) groups excluding carboxylic acids is 2. The van der Waals surface area contributed by atoms with E-state index in [1.54, 1.807) is 41.9 Å². The zero-order valence-corrected chi connectivity index (χ0v) is 18.5. The van der Waals surface area contributed by atoms with Crippen LogP contribution in [0.5, 0.6) is 0 Å². The van der Waals surface area contributed by atoms with Crippen LogP contribution in [0, 0.1) is 20.8 Å². The molecular weight excluding hydrogens is 404 g/mol. The van der Waals surface area contributed by atoms with Crippen molar-refractivity contribution in [3.05, 3.63) is 82.7 Å². The first kappa shape index (κ1) is 21.2. The summed E-state index contributed by atoms with van der Waals surface area (Å²) >= 11 is 0. The molecule has 7 nitrogen and oxygen atoms in total. The third-order valence-corrected chi connectivity index (χ3v) is 5.12. The maximum atomic E-state index is 13.2. The summed E-state index contributed by atoms with van der Waals surface area (Å²) in [5.41, 5.74) is 5.61. The lowest BCUT2D eigenvalue weighted by atomic mass is 10.1. The number of hydrogen-bond acceptors (Lipinski definition) is 5. The quantitative estimate of drug-likeness (QED) is 0.463. The summed E-state index contributed by atoms with van der Waals surface area (Å²) in [6.45, 7) is 7.82. The van der Waals surface area contributed by atoms with E-state index in [2.05, 4.69) is 15.4 Å². The van der Waals surface area contributed by atoms with Crippen molar-refractivity contribution >= 4 is 28.6 Å². The van der Waals surface area contributed by atoms with Gasteiger partial charge >= 0.3 is 5.97 Å². The summed E-state index contributed by atoms with van der Waals surface area (Å²) in [6, 6.07) is 16.4. The molecule has 7 heteroatoms. The maximum Gasteiger partial charge on any atom is 0.338 e. The van der Waals surface area contributed by atoms with Crippen LogP contribution in [-0.2, 0) is 4.74 Å². The van der Waals surface area contributed by atoms with Crippen LogP contribution in [0.25, 0.3) is 16.7 Å². The van der Waals surface area contributed by atoms with E-state index in [9.17, 15) is 9.59 Å². The number of rotatable bonds is 5. The highest BCUT2D eigenvalue weighted by molar-refractivity contribution is 6.13. The van der Waals surface area contributed by atoms with Gasteiger partial charge in [0.1, 0.15) is 0 Å². The Labute approximate surface area is 186 Å². The number of aryl methyl sites for hydroxylation is 3. The van der Waals surface area contributed by atoms with E-state index in [-0.39, 0.29) is 5.91 Å². The van der Waals surface area contributed by atoms with Crippen molar-refractivity contribution in [2.75, 3.05) is 11.9 Å². The van der Waals surface area contributed by atoms with Gasteiger partial charge in [-0.3, -0.25) is 4.79 Å². The molecule has 0 aliphatic heterocycles. The Morgan fingerprint density at radius 2 is 1.69 bits per heavy atom. The molecule has 1 amide bonds. The van der Waals surface area contributed by atoms with Crippen LogP contribution in [-0.4, -0.2) is 33.2 Å². The molecule has 2 aromatic carbocycles. The number of anilines is 1. The van der Waals surface area contributed by atoms with E-state index in [0.29, 0.717) is 40.1 Å². The predicted molar refractivity (Wildman–Crippen MR) is 123 cm³/mol. The summed E-state index contributed by atoms with van der Waals surface area (Å²) in [5.74, 6) is -0.660. The van der Waals surface area contributed by atoms with Crippen LogP contribution in [0.2, 0.25) is 0 Å². The van der Waals surface area contributed by atoms with Crippen LogP contribution < -0.4 is 5.32 Å². The molecule has 0 bridgehead atoms. The van der Waals surface area contributed by atoms with Crippen LogP contribution in [0.15, 0.2) is 54.6 Å². The number of aromatic nitrogens is 3. The number of nitrogens with one attached hydrogen (secondary N) is 1. The molecule has 0 aliphatic carbocycles. The second kappa shape index (κ2) is 8.63. The summed E-state index contributed by atoms with van der Waals surface area (Å²) < 4.78 is 6.76. The topological polar surface area (TPSA) is 86.1 Å². The van der Waals surface area contributed by atoms with Gasteiger partial charge in [0.15, 0.2) is 5.65 Å². The Hall–Kier alpha value is -4.00. The van der Waals surface area contributed by atoms with Crippen LogP contribution >= 0.6 is 0 Å². The number of amides is 1. The second-order valence-corrected chi connectivity index (χ2v) is 7.59. The first-order valence-corrected chi connectivity index (χ1v) is 10.4. The van der Waals surface area contributed by atoms with Crippen LogP contribution in [0.4, 0.5) is 5.69 Å². The molecule has 0 fully saturated rings. The van der Waals surface area contributed by atoms with Crippen molar-refractivity contribution in [1.82, 2.24) is 14.8 Å². The molecule has 0 unspecified atom stereocenters. The molecule has 0 saturated carbocycles. The van der Waals surface area contributed by atoms with E-state index < -0.39 is 5.97 Å². The van der Waals surface area contributed by atoms with Gasteiger partial charge in [-0.2, -0.15) is 5.10 Å². The summed E-state index contributed by atoms with van der Waals surface area (Å²) in [5, 5.41) is 8.26. The van der Waals surface area contributed by atoms with E-state index in [4.69, 9.17) is 4.74 Å². The lowest BCUT2D eigenvalue weighted by molar-refractivity contribution is 0.0526. The Bertz CT molecular complexity index is 1310. The zero-order chi connectivity index (χ0) is 22.8. The molecule has 4 aromatic rings. The van der Waals surface area contributed by atoms with E-state index in [1.807, 2.05) is 45.0 Å². The maximum absolute atomic E-state index is 13.2. The third-order valence-electron chi connectivity index (χ3n) is 5.12. The van der Waals surface area contributed by atoms with Gasteiger partial charge in [0.2, 0.25) is 0 Å². The lowest BCUT2D eigenvalue weighted by Crippen LogP contribution is -2.14. The van der Waals surface area contributed by atoms with Crippen LogP contribution in [0.1, 0.15) is 44.6 Å². The molecule has 162 valence electrons. The average Bonchev–Trinajstić information content (AvgIpc) is 3.10. The monoisotopic (exact) mass is 428 g/mol. The summed E-state index contributed by atoms with van der Waals surface area (Å²) in [6.07, 6.45) is 0. The van der Waals surface area contributed by atoms with Gasteiger partial charge in [-0.05, 0) is 70.2 Å². The van der Waals surface area contributed by atoms with Crippen molar-refractivity contribution in [2.24, 2.45) is 0 Å². The predicted octanol–water partition coefficient (Wildman–Crippen LogP) is 4.77. The van der Waals surface area contributed by atoms with Gasteiger partial charge in [0, 0.05) is 11.4 Å². The van der Waals surface area contributed by atoms with Gasteiger partial charge in [0.25, 0.3) is 5.91 Å². The first-order valence-electron chi connectivity index (χ1n) is 10.4. The Balaban J connectivity index is 1.69. The highest BCUT2D eigenvalue weighted by Crippen LogP contribution is 2.26. The minimum atomic E-state index is -0.393. The number of pyridine rings is 1. The van der Waals surface area contributed by atoms with Crippen molar-refractivity contribution in [2.45, 2.75) is 27.7 Å². The number of nitrogens with zero attached hydrogens (tertiary/aromatic N) is 3. The Morgan fingerprint density at radius 1 is 1.00 bits per heavy atom. The molecule has 2 heterocycles. The van der Waals surface area contributed by atoms with E-state index in [1.165, 1.54) is 0 Å². The first-order chi connectivity index (χ1) is 15.4. The fourth-order valence-corrected chi connectivity index (χ4v) is 3.56. The molecule has 0 aliphatic rings. The largest absolute Gasteiger partial charge is 0.462 e. The average molecular weight is 428 g/mol. The number of ether oxygens (including phenoxy) is 1. The molecule has 2 aromatic heterocycles. The molecular formula is C25H24N4O3. The van der Waals surface area contributed by atoms with Crippen LogP contribution in [0.3, 0.4) is 0 Å². The fourth-order valence-electron chi connectivity index (χ4n) is 3.56. The normalized spacial score (nSPS) is 10.9. The van der Waals surface area contributed by atoms with Gasteiger partial charge in [-0.25, -0.2) is 14.5 Å². The molecule has 32 heavy (non-hydrogen) atoms. The van der Waals surface area contributed by atoms with Crippen molar-refractivity contribution in [3.63, 3.8) is 0 Å². The fraction of sp³-hybridized carbons (Fsp3) is 0.200. The van der Waals surface area contributed by atoms with Gasteiger partial charge in [-0.1, -0.05) is 17.7 Å². The summed E-state index contributed by atoms with van der Waals surface area (Å²) in [7, 11) is 0. The minimum Gasteiger partial charge on any atom is -0.462 e. The number of fused-ring (bicyclic) bond motifs is 1. The van der Waals surface area contributed by atoms with Gasteiger partial charge in [0.05, 0.1) is 34.5 Å². The highest BCUT2D eigenvalue weighted by Gasteiger charge is 2.20. The summed E-state index contributed by atoms with van der Waals surface area (Å²) in [4.78, 5) is 29.7. The van der Waals surface area contributed by atoms with Crippen molar-refractivity contribution in [1.29, 1.82) is 0 Å². The zero-order valence-electron chi connectivity index (χ0n) is 18.5.